The highest BCUT2D eigenvalue weighted by Crippen LogP contribution is 2.29. The molecule has 1 aliphatic heterocycles. The van der Waals surface area contributed by atoms with Crippen LogP contribution in [0.25, 0.3) is 0 Å². The van der Waals surface area contributed by atoms with Crippen LogP contribution >= 0.6 is 0 Å². The minimum Gasteiger partial charge on any atom is -0.463 e. The molecule has 0 aliphatic carbocycles. The SMILES string of the molecule is NC1=NC(Cc2ccc(C(F)(F)F)cc2)CO1. The number of hydrogen-bond donors (Lipinski definition) is 1. The summed E-state index contributed by atoms with van der Waals surface area (Å²) in [6, 6.07) is 5.07. The number of alkyl halides is 3. The highest BCUT2D eigenvalue weighted by Gasteiger charge is 2.30. The zero-order chi connectivity index (χ0) is 12.5. The molecular formula is C11H11F3N2O. The third-order valence-corrected chi connectivity index (χ3v) is 2.49. The lowest BCUT2D eigenvalue weighted by Crippen LogP contribution is -2.11. The van der Waals surface area contributed by atoms with Crippen molar-refractivity contribution < 1.29 is 17.9 Å². The van der Waals surface area contributed by atoms with Crippen molar-refractivity contribution in [3.8, 4) is 0 Å². The Bertz CT molecular complexity index is 425. The van der Waals surface area contributed by atoms with Crippen LogP contribution in [0.2, 0.25) is 0 Å². The molecule has 3 nitrogen and oxygen atoms in total. The Morgan fingerprint density at radius 1 is 1.29 bits per heavy atom. The maximum atomic E-state index is 12.3. The molecule has 1 aliphatic rings. The topological polar surface area (TPSA) is 47.6 Å². The molecule has 6 heteroatoms. The number of halogens is 3. The molecule has 1 aromatic rings. The second-order valence-electron chi connectivity index (χ2n) is 3.83. The lowest BCUT2D eigenvalue weighted by atomic mass is 10.1. The first kappa shape index (κ1) is 11.8. The summed E-state index contributed by atoms with van der Waals surface area (Å²) in [6.45, 7) is 0.382. The van der Waals surface area contributed by atoms with E-state index in [-0.39, 0.29) is 12.1 Å². The van der Waals surface area contributed by atoms with Gasteiger partial charge in [0.1, 0.15) is 6.61 Å². The monoisotopic (exact) mass is 244 g/mol. The average molecular weight is 244 g/mol. The molecule has 1 heterocycles. The highest BCUT2D eigenvalue weighted by atomic mass is 19.4. The summed E-state index contributed by atoms with van der Waals surface area (Å²) in [4.78, 5) is 4.00. The first-order valence-corrected chi connectivity index (χ1v) is 5.07. The molecule has 0 bridgehead atoms. The maximum Gasteiger partial charge on any atom is 0.416 e. The maximum absolute atomic E-state index is 12.3. The minimum absolute atomic E-state index is 0.105. The van der Waals surface area contributed by atoms with Gasteiger partial charge in [0.2, 0.25) is 0 Å². The first-order chi connectivity index (χ1) is 7.95. The average Bonchev–Trinajstić information content (AvgIpc) is 2.63. The van der Waals surface area contributed by atoms with Gasteiger partial charge in [0, 0.05) is 0 Å². The van der Waals surface area contributed by atoms with E-state index in [1.54, 1.807) is 0 Å². The molecule has 0 fully saturated rings. The van der Waals surface area contributed by atoms with Gasteiger partial charge in [-0.15, -0.1) is 0 Å². The van der Waals surface area contributed by atoms with Crippen LogP contribution in [0.4, 0.5) is 13.2 Å². The van der Waals surface area contributed by atoms with E-state index in [2.05, 4.69) is 4.99 Å². The molecule has 0 spiro atoms. The van der Waals surface area contributed by atoms with Gasteiger partial charge in [0.15, 0.2) is 0 Å². The van der Waals surface area contributed by atoms with Crippen molar-refractivity contribution in [2.45, 2.75) is 18.6 Å². The highest BCUT2D eigenvalue weighted by molar-refractivity contribution is 5.73. The van der Waals surface area contributed by atoms with E-state index in [9.17, 15) is 13.2 Å². The lowest BCUT2D eigenvalue weighted by molar-refractivity contribution is -0.137. The largest absolute Gasteiger partial charge is 0.463 e. The van der Waals surface area contributed by atoms with Gasteiger partial charge in [0.05, 0.1) is 11.6 Å². The first-order valence-electron chi connectivity index (χ1n) is 5.07. The van der Waals surface area contributed by atoms with E-state index in [1.807, 2.05) is 0 Å². The third kappa shape index (κ3) is 2.89. The molecule has 0 amide bonds. The van der Waals surface area contributed by atoms with Crippen molar-refractivity contribution in [3.05, 3.63) is 35.4 Å². The Morgan fingerprint density at radius 3 is 2.41 bits per heavy atom. The summed E-state index contributed by atoms with van der Waals surface area (Å²) in [5.41, 5.74) is 5.48. The smallest absolute Gasteiger partial charge is 0.416 e. The Hall–Kier alpha value is -1.72. The number of aliphatic imine (C=N–C) groups is 1. The Balaban J connectivity index is 2.04. The van der Waals surface area contributed by atoms with Crippen LogP contribution in [0.3, 0.4) is 0 Å². The molecule has 17 heavy (non-hydrogen) atoms. The Labute approximate surface area is 96.1 Å². The Morgan fingerprint density at radius 2 is 1.94 bits per heavy atom. The fraction of sp³-hybridized carbons (Fsp3) is 0.364. The van der Waals surface area contributed by atoms with Gasteiger partial charge >= 0.3 is 6.18 Å². The van der Waals surface area contributed by atoms with Gasteiger partial charge in [0.25, 0.3) is 6.02 Å². The predicted octanol–water partition coefficient (Wildman–Crippen LogP) is 1.96. The van der Waals surface area contributed by atoms with Crippen LogP contribution in [0.15, 0.2) is 29.3 Å². The molecular weight excluding hydrogens is 233 g/mol. The van der Waals surface area contributed by atoms with E-state index >= 15 is 0 Å². The van der Waals surface area contributed by atoms with Crippen LogP contribution in [-0.4, -0.2) is 18.7 Å². The zero-order valence-corrected chi connectivity index (χ0v) is 8.87. The van der Waals surface area contributed by atoms with Crippen LogP contribution in [0, 0.1) is 0 Å². The fourth-order valence-electron chi connectivity index (χ4n) is 1.64. The molecule has 1 unspecified atom stereocenters. The second kappa shape index (κ2) is 4.27. The molecule has 2 N–H and O–H groups in total. The zero-order valence-electron chi connectivity index (χ0n) is 8.87. The van der Waals surface area contributed by atoms with E-state index in [1.165, 1.54) is 12.1 Å². The molecule has 2 rings (SSSR count). The fourth-order valence-corrected chi connectivity index (χ4v) is 1.64. The molecule has 1 aromatic carbocycles. The second-order valence-corrected chi connectivity index (χ2v) is 3.83. The van der Waals surface area contributed by atoms with Gasteiger partial charge in [-0.1, -0.05) is 12.1 Å². The number of rotatable bonds is 2. The van der Waals surface area contributed by atoms with Gasteiger partial charge in [-0.2, -0.15) is 13.2 Å². The van der Waals surface area contributed by atoms with E-state index < -0.39 is 11.7 Å². The molecule has 0 aromatic heterocycles. The van der Waals surface area contributed by atoms with Crippen molar-refractivity contribution in [2.24, 2.45) is 10.7 Å². The van der Waals surface area contributed by atoms with E-state index in [4.69, 9.17) is 10.5 Å². The molecule has 0 saturated carbocycles. The van der Waals surface area contributed by atoms with Crippen LogP contribution < -0.4 is 5.73 Å². The van der Waals surface area contributed by atoms with Crippen molar-refractivity contribution in [1.29, 1.82) is 0 Å². The number of ether oxygens (including phenoxy) is 1. The van der Waals surface area contributed by atoms with Gasteiger partial charge in [-0.3, -0.25) is 0 Å². The summed E-state index contributed by atoms with van der Waals surface area (Å²) < 4.78 is 41.9. The van der Waals surface area contributed by atoms with Gasteiger partial charge in [-0.25, -0.2) is 4.99 Å². The molecule has 0 saturated heterocycles. The lowest BCUT2D eigenvalue weighted by Gasteiger charge is -2.08. The summed E-state index contributed by atoms with van der Waals surface area (Å²) in [5, 5.41) is 0. The van der Waals surface area contributed by atoms with Crippen LogP contribution in [0.5, 0.6) is 0 Å². The van der Waals surface area contributed by atoms with Crippen LogP contribution in [-0.2, 0) is 17.3 Å². The van der Waals surface area contributed by atoms with Crippen LogP contribution in [0.1, 0.15) is 11.1 Å². The van der Waals surface area contributed by atoms with Gasteiger partial charge in [-0.05, 0) is 24.1 Å². The standard InChI is InChI=1S/C11H11F3N2O/c12-11(13,14)8-3-1-7(2-4-8)5-9-6-17-10(15)16-9/h1-4,9H,5-6H2,(H2,15,16). The number of nitrogens with two attached hydrogens (primary N) is 1. The number of benzene rings is 1. The summed E-state index contributed by atoms with van der Waals surface area (Å²) in [6.07, 6.45) is -3.77. The summed E-state index contributed by atoms with van der Waals surface area (Å²) in [5.74, 6) is 0. The van der Waals surface area contributed by atoms with Crippen molar-refractivity contribution in [3.63, 3.8) is 0 Å². The number of hydrogen-bond acceptors (Lipinski definition) is 3. The molecule has 92 valence electrons. The third-order valence-electron chi connectivity index (χ3n) is 2.49. The quantitative estimate of drug-likeness (QED) is 0.864. The van der Waals surface area contributed by atoms with Crippen molar-refractivity contribution in [2.75, 3.05) is 6.61 Å². The normalized spacial score (nSPS) is 19.9. The Kier molecular flexibility index (Phi) is 2.95. The molecule has 1 atom stereocenters. The number of nitrogens with zero attached hydrogens (tertiary/aromatic N) is 1. The van der Waals surface area contributed by atoms with Gasteiger partial charge < -0.3 is 10.5 Å². The predicted molar refractivity (Wildman–Crippen MR) is 56.5 cm³/mol. The number of amidine groups is 1. The van der Waals surface area contributed by atoms with Crippen molar-refractivity contribution in [1.82, 2.24) is 0 Å². The summed E-state index contributed by atoms with van der Waals surface area (Å²) in [7, 11) is 0. The van der Waals surface area contributed by atoms with E-state index in [0.717, 1.165) is 17.7 Å². The van der Waals surface area contributed by atoms with Crippen molar-refractivity contribution >= 4 is 6.02 Å². The minimum atomic E-state index is -4.29. The summed E-state index contributed by atoms with van der Waals surface area (Å²) >= 11 is 0. The molecule has 0 radical (unpaired) electrons. The van der Waals surface area contributed by atoms with E-state index in [0.29, 0.717) is 13.0 Å².